The van der Waals surface area contributed by atoms with E-state index in [0.29, 0.717) is 10.8 Å². The minimum absolute atomic E-state index is 0.448. The molecule has 0 aromatic carbocycles. The monoisotopic (exact) mass is 291 g/mol. The maximum absolute atomic E-state index is 11.9. The van der Waals surface area contributed by atoms with Crippen molar-refractivity contribution < 1.29 is 9.53 Å². The third-order valence-corrected chi connectivity index (χ3v) is 3.94. The molecule has 1 unspecified atom stereocenters. The molecule has 106 valence electrons. The summed E-state index contributed by atoms with van der Waals surface area (Å²) in [5.41, 5.74) is 0.907. The summed E-state index contributed by atoms with van der Waals surface area (Å²) < 4.78 is 6.96. The van der Waals surface area contributed by atoms with Crippen LogP contribution in [0.15, 0.2) is 6.07 Å². The van der Waals surface area contributed by atoms with Gasteiger partial charge in [0.05, 0.1) is 5.69 Å². The Morgan fingerprint density at radius 2 is 2.25 bits per heavy atom. The van der Waals surface area contributed by atoms with Crippen molar-refractivity contribution in [2.75, 3.05) is 0 Å². The fourth-order valence-electron chi connectivity index (χ4n) is 1.93. The smallest absolute Gasteiger partial charge is 0.349 e. The average Bonchev–Trinajstić information content (AvgIpc) is 2.91. The van der Waals surface area contributed by atoms with Gasteiger partial charge in [-0.15, -0.1) is 11.3 Å². The van der Waals surface area contributed by atoms with Crippen LogP contribution in [0.1, 0.15) is 36.1 Å². The number of aromatic nitrogens is 2. The molecule has 2 rings (SSSR count). The van der Waals surface area contributed by atoms with Crippen molar-refractivity contribution in [2.24, 2.45) is 5.92 Å². The van der Waals surface area contributed by atoms with Crippen molar-refractivity contribution in [3.63, 3.8) is 0 Å². The summed E-state index contributed by atoms with van der Waals surface area (Å²) in [6, 6.07) is 3.68. The Kier molecular flexibility index (Phi) is 4.09. The normalized spacial score (nSPS) is 12.6. The number of nitrogens with zero attached hydrogens (tertiary/aromatic N) is 3. The topological polar surface area (TPSA) is 67.9 Å². The molecule has 5 nitrogen and oxygen atoms in total. The number of rotatable bonds is 4. The molecule has 2 aromatic heterocycles. The molecule has 0 bridgehead atoms. The van der Waals surface area contributed by atoms with E-state index in [2.05, 4.69) is 18.9 Å². The molecule has 2 aromatic rings. The Bertz CT molecular complexity index is 678. The lowest BCUT2D eigenvalue weighted by atomic mass is 10.2. The molecule has 0 saturated heterocycles. The molecule has 0 radical (unpaired) electrons. The van der Waals surface area contributed by atoms with Gasteiger partial charge in [-0.3, -0.25) is 4.68 Å². The van der Waals surface area contributed by atoms with Crippen LogP contribution < -0.4 is 0 Å². The van der Waals surface area contributed by atoms with Gasteiger partial charge in [0.25, 0.3) is 0 Å². The summed E-state index contributed by atoms with van der Waals surface area (Å²) in [7, 11) is 0. The minimum Gasteiger partial charge on any atom is -0.443 e. The van der Waals surface area contributed by atoms with Gasteiger partial charge in [0, 0.05) is 11.9 Å². The van der Waals surface area contributed by atoms with Gasteiger partial charge in [0.2, 0.25) is 0 Å². The molecule has 6 heteroatoms. The number of ether oxygens (including phenoxy) is 1. The summed E-state index contributed by atoms with van der Waals surface area (Å²) >= 11 is 1.36. The van der Waals surface area contributed by atoms with E-state index in [1.807, 2.05) is 17.7 Å². The van der Waals surface area contributed by atoms with Crippen LogP contribution in [0.2, 0.25) is 0 Å². The first-order chi connectivity index (χ1) is 9.42. The van der Waals surface area contributed by atoms with E-state index in [4.69, 9.17) is 10.00 Å². The molecule has 0 saturated carbocycles. The summed E-state index contributed by atoms with van der Waals surface area (Å²) in [6.45, 7) is 8.55. The largest absolute Gasteiger partial charge is 0.443 e. The molecule has 2 heterocycles. The zero-order valence-electron chi connectivity index (χ0n) is 12.0. The van der Waals surface area contributed by atoms with Crippen molar-refractivity contribution >= 4 is 27.5 Å². The number of hydrogen-bond donors (Lipinski definition) is 0. The molecular formula is C14H17N3O2S. The first-order valence-electron chi connectivity index (χ1n) is 6.50. The Hall–Kier alpha value is -1.87. The number of aryl methyl sites for hydroxylation is 1. The Morgan fingerprint density at radius 1 is 1.55 bits per heavy atom. The zero-order chi connectivity index (χ0) is 14.9. The van der Waals surface area contributed by atoms with Crippen LogP contribution in [0.5, 0.6) is 0 Å². The van der Waals surface area contributed by atoms with Crippen LogP contribution in [-0.4, -0.2) is 21.9 Å². The molecule has 0 spiro atoms. The highest BCUT2D eigenvalue weighted by molar-refractivity contribution is 7.20. The van der Waals surface area contributed by atoms with E-state index >= 15 is 0 Å². The highest BCUT2D eigenvalue weighted by Crippen LogP contribution is 2.29. The van der Waals surface area contributed by atoms with Gasteiger partial charge >= 0.3 is 5.97 Å². The standard InChI is InChI=1S/C14H17N3O2S/c1-8(2)7-17-13-11(10(4)16-17)5-12(20-13)14(18)19-9(3)6-15/h5,8-9H,7H2,1-4H3. The van der Waals surface area contributed by atoms with Gasteiger partial charge in [-0.25, -0.2) is 4.79 Å². The molecule has 20 heavy (non-hydrogen) atoms. The van der Waals surface area contributed by atoms with Gasteiger partial charge in [-0.1, -0.05) is 13.8 Å². The summed E-state index contributed by atoms with van der Waals surface area (Å²) in [5.74, 6) is 0.0318. The second kappa shape index (κ2) is 5.63. The second-order valence-electron chi connectivity index (χ2n) is 5.17. The first kappa shape index (κ1) is 14.5. The molecule has 0 aliphatic heterocycles. The predicted molar refractivity (Wildman–Crippen MR) is 77.7 cm³/mol. The van der Waals surface area contributed by atoms with Crippen LogP contribution in [0.25, 0.3) is 10.2 Å². The number of carbonyl (C=O) groups is 1. The fourth-order valence-corrected chi connectivity index (χ4v) is 2.98. The van der Waals surface area contributed by atoms with Crippen molar-refractivity contribution in [3.05, 3.63) is 16.6 Å². The van der Waals surface area contributed by atoms with E-state index in [9.17, 15) is 4.79 Å². The second-order valence-corrected chi connectivity index (χ2v) is 6.20. The quantitative estimate of drug-likeness (QED) is 0.812. The predicted octanol–water partition coefficient (Wildman–Crippen LogP) is 3.13. The fraction of sp³-hybridized carbons (Fsp3) is 0.500. The van der Waals surface area contributed by atoms with Crippen molar-refractivity contribution in [2.45, 2.75) is 40.3 Å². The Morgan fingerprint density at radius 3 is 2.85 bits per heavy atom. The SMILES string of the molecule is Cc1nn(CC(C)C)c2sc(C(=O)OC(C)C#N)cc12. The average molecular weight is 291 g/mol. The minimum atomic E-state index is -0.735. The summed E-state index contributed by atoms with van der Waals surface area (Å²) in [5, 5.41) is 14.1. The number of esters is 1. The third-order valence-electron chi connectivity index (χ3n) is 2.81. The molecule has 0 aliphatic carbocycles. The van der Waals surface area contributed by atoms with Crippen LogP contribution in [0, 0.1) is 24.2 Å². The van der Waals surface area contributed by atoms with Crippen molar-refractivity contribution in [1.82, 2.24) is 9.78 Å². The molecule has 0 fully saturated rings. The Labute approximate surface area is 121 Å². The number of fused-ring (bicyclic) bond motifs is 1. The molecule has 0 amide bonds. The van der Waals surface area contributed by atoms with E-state index in [-0.39, 0.29) is 0 Å². The van der Waals surface area contributed by atoms with Crippen LogP contribution in [0.4, 0.5) is 0 Å². The third kappa shape index (κ3) is 2.83. The lowest BCUT2D eigenvalue weighted by Crippen LogP contribution is -2.11. The summed E-state index contributed by atoms with van der Waals surface area (Å²) in [4.78, 5) is 13.4. The first-order valence-corrected chi connectivity index (χ1v) is 7.31. The van der Waals surface area contributed by atoms with Crippen LogP contribution in [0.3, 0.4) is 0 Å². The van der Waals surface area contributed by atoms with E-state index in [0.717, 1.165) is 22.5 Å². The van der Waals surface area contributed by atoms with Gasteiger partial charge in [0.15, 0.2) is 6.10 Å². The van der Waals surface area contributed by atoms with Crippen molar-refractivity contribution in [1.29, 1.82) is 5.26 Å². The zero-order valence-corrected chi connectivity index (χ0v) is 12.8. The van der Waals surface area contributed by atoms with E-state index < -0.39 is 12.1 Å². The van der Waals surface area contributed by atoms with Gasteiger partial charge in [-0.2, -0.15) is 10.4 Å². The lowest BCUT2D eigenvalue weighted by Gasteiger charge is -2.05. The molecule has 0 N–H and O–H groups in total. The molecule has 1 atom stereocenters. The highest BCUT2D eigenvalue weighted by Gasteiger charge is 2.19. The van der Waals surface area contributed by atoms with Crippen molar-refractivity contribution in [3.8, 4) is 6.07 Å². The highest BCUT2D eigenvalue weighted by atomic mass is 32.1. The number of thiophene rings is 1. The summed E-state index contributed by atoms with van der Waals surface area (Å²) in [6.07, 6.45) is -0.735. The molecule has 0 aliphatic rings. The lowest BCUT2D eigenvalue weighted by molar-refractivity contribution is 0.0441. The van der Waals surface area contributed by atoms with Gasteiger partial charge in [-0.05, 0) is 25.8 Å². The number of nitriles is 1. The maximum atomic E-state index is 11.9. The van der Waals surface area contributed by atoms with Crippen LogP contribution in [-0.2, 0) is 11.3 Å². The van der Waals surface area contributed by atoms with E-state index in [1.165, 1.54) is 11.3 Å². The maximum Gasteiger partial charge on any atom is 0.349 e. The number of hydrogen-bond acceptors (Lipinski definition) is 5. The van der Waals surface area contributed by atoms with E-state index in [1.54, 1.807) is 13.0 Å². The Balaban J connectivity index is 2.34. The van der Waals surface area contributed by atoms with Gasteiger partial charge < -0.3 is 4.74 Å². The molecular weight excluding hydrogens is 274 g/mol. The van der Waals surface area contributed by atoms with Crippen LogP contribution >= 0.6 is 11.3 Å². The van der Waals surface area contributed by atoms with Gasteiger partial charge in [0.1, 0.15) is 15.8 Å². The number of carbonyl (C=O) groups excluding carboxylic acids is 1.